The molecule has 0 saturated carbocycles. The van der Waals surface area contributed by atoms with Gasteiger partial charge in [-0.2, -0.15) is 0 Å². The molecule has 20 heavy (non-hydrogen) atoms. The van der Waals surface area contributed by atoms with Crippen molar-refractivity contribution in [1.82, 2.24) is 10.3 Å². The molecule has 0 atom stereocenters. The molecule has 0 aliphatic rings. The number of aromatic nitrogens is 1. The van der Waals surface area contributed by atoms with Crippen LogP contribution in [-0.4, -0.2) is 11.5 Å². The standard InChI is InChI=1S/C17H29BrN2/c1-3-4-5-6-7-8-9-10-11-19-12-16-13-20-14-17(18)15(16)2/h13-14,19H,3-12H2,1-2H3. The van der Waals surface area contributed by atoms with Crippen molar-refractivity contribution >= 4 is 15.9 Å². The molecule has 0 aliphatic heterocycles. The summed E-state index contributed by atoms with van der Waals surface area (Å²) in [5.74, 6) is 0. The molecule has 0 bridgehead atoms. The second-order valence-electron chi connectivity index (χ2n) is 5.56. The lowest BCUT2D eigenvalue weighted by Crippen LogP contribution is -2.15. The summed E-state index contributed by atoms with van der Waals surface area (Å²) in [5.41, 5.74) is 2.59. The fourth-order valence-electron chi connectivity index (χ4n) is 2.32. The van der Waals surface area contributed by atoms with Crippen LogP contribution in [0.3, 0.4) is 0 Å². The Balaban J connectivity index is 1.98. The monoisotopic (exact) mass is 340 g/mol. The number of rotatable bonds is 11. The first-order valence-corrected chi connectivity index (χ1v) is 8.84. The van der Waals surface area contributed by atoms with Gasteiger partial charge in [0.2, 0.25) is 0 Å². The van der Waals surface area contributed by atoms with Crippen LogP contribution in [0.1, 0.15) is 69.4 Å². The number of pyridine rings is 1. The summed E-state index contributed by atoms with van der Waals surface area (Å²) in [7, 11) is 0. The molecule has 1 aromatic rings. The average molecular weight is 341 g/mol. The van der Waals surface area contributed by atoms with Gasteiger partial charge in [0.15, 0.2) is 0 Å². The van der Waals surface area contributed by atoms with Crippen LogP contribution >= 0.6 is 15.9 Å². The molecule has 0 saturated heterocycles. The maximum atomic E-state index is 4.22. The van der Waals surface area contributed by atoms with E-state index in [0.29, 0.717) is 0 Å². The lowest BCUT2D eigenvalue weighted by molar-refractivity contribution is 0.554. The lowest BCUT2D eigenvalue weighted by atomic mass is 10.1. The van der Waals surface area contributed by atoms with E-state index in [1.807, 2.05) is 12.4 Å². The van der Waals surface area contributed by atoms with Gasteiger partial charge in [-0.3, -0.25) is 4.98 Å². The van der Waals surface area contributed by atoms with Gasteiger partial charge in [0.25, 0.3) is 0 Å². The van der Waals surface area contributed by atoms with Crippen molar-refractivity contribution in [2.24, 2.45) is 0 Å². The normalized spacial score (nSPS) is 10.9. The van der Waals surface area contributed by atoms with Crippen LogP contribution in [0, 0.1) is 6.92 Å². The maximum Gasteiger partial charge on any atom is 0.0413 e. The van der Waals surface area contributed by atoms with E-state index >= 15 is 0 Å². The van der Waals surface area contributed by atoms with Crippen LogP contribution in [0.5, 0.6) is 0 Å². The highest BCUT2D eigenvalue weighted by atomic mass is 79.9. The SMILES string of the molecule is CCCCCCCCCCNCc1cncc(Br)c1C. The Bertz CT molecular complexity index is 366. The van der Waals surface area contributed by atoms with Gasteiger partial charge in [0.1, 0.15) is 0 Å². The van der Waals surface area contributed by atoms with Gasteiger partial charge in [-0.25, -0.2) is 0 Å². The van der Waals surface area contributed by atoms with E-state index < -0.39 is 0 Å². The highest BCUT2D eigenvalue weighted by molar-refractivity contribution is 9.10. The first-order chi connectivity index (χ1) is 9.75. The Morgan fingerprint density at radius 2 is 1.65 bits per heavy atom. The van der Waals surface area contributed by atoms with Crippen LogP contribution in [0.4, 0.5) is 0 Å². The van der Waals surface area contributed by atoms with Crippen LogP contribution < -0.4 is 5.32 Å². The van der Waals surface area contributed by atoms with Crippen molar-refractivity contribution in [2.45, 2.75) is 71.8 Å². The predicted octanol–water partition coefficient (Wildman–Crippen LogP) is 5.38. The maximum absolute atomic E-state index is 4.22. The van der Waals surface area contributed by atoms with Gasteiger partial charge in [-0.1, -0.05) is 51.9 Å². The molecule has 1 aromatic heterocycles. The number of unbranched alkanes of at least 4 members (excludes halogenated alkanes) is 7. The summed E-state index contributed by atoms with van der Waals surface area (Å²) in [6, 6.07) is 0. The zero-order chi connectivity index (χ0) is 14.6. The molecular weight excluding hydrogens is 312 g/mol. The molecule has 0 unspecified atom stereocenters. The Hall–Kier alpha value is -0.410. The molecular formula is C17H29BrN2. The Morgan fingerprint density at radius 3 is 2.35 bits per heavy atom. The third-order valence-electron chi connectivity index (χ3n) is 3.78. The van der Waals surface area contributed by atoms with Crippen molar-refractivity contribution in [3.63, 3.8) is 0 Å². The van der Waals surface area contributed by atoms with Gasteiger partial charge in [0, 0.05) is 23.4 Å². The van der Waals surface area contributed by atoms with Gasteiger partial charge >= 0.3 is 0 Å². The van der Waals surface area contributed by atoms with E-state index in [1.165, 1.54) is 62.5 Å². The number of nitrogens with one attached hydrogen (secondary N) is 1. The molecule has 3 heteroatoms. The van der Waals surface area contributed by atoms with E-state index in [0.717, 1.165) is 17.6 Å². The van der Waals surface area contributed by atoms with E-state index in [2.05, 4.69) is 40.1 Å². The van der Waals surface area contributed by atoms with Gasteiger partial charge in [-0.15, -0.1) is 0 Å². The summed E-state index contributed by atoms with van der Waals surface area (Å²) < 4.78 is 1.10. The van der Waals surface area contributed by atoms with Gasteiger partial charge < -0.3 is 5.32 Å². The average Bonchev–Trinajstić information content (AvgIpc) is 2.45. The summed E-state index contributed by atoms with van der Waals surface area (Å²) in [4.78, 5) is 4.22. The Labute approximate surface area is 132 Å². The van der Waals surface area contributed by atoms with Crippen LogP contribution in [0.15, 0.2) is 16.9 Å². The van der Waals surface area contributed by atoms with Crippen molar-refractivity contribution < 1.29 is 0 Å². The minimum atomic E-state index is 0.925. The van der Waals surface area contributed by atoms with Crippen LogP contribution in [-0.2, 0) is 6.54 Å². The zero-order valence-electron chi connectivity index (χ0n) is 13.1. The Kier molecular flexibility index (Phi) is 9.94. The first kappa shape index (κ1) is 17.6. The second kappa shape index (κ2) is 11.3. The van der Waals surface area contributed by atoms with E-state index in [9.17, 15) is 0 Å². The molecule has 1 heterocycles. The third kappa shape index (κ3) is 7.39. The second-order valence-corrected chi connectivity index (χ2v) is 6.41. The van der Waals surface area contributed by atoms with Crippen molar-refractivity contribution in [3.8, 4) is 0 Å². The summed E-state index contributed by atoms with van der Waals surface area (Å²) in [6.07, 6.45) is 14.8. The highest BCUT2D eigenvalue weighted by Gasteiger charge is 2.01. The zero-order valence-corrected chi connectivity index (χ0v) is 14.6. The molecule has 0 spiro atoms. The highest BCUT2D eigenvalue weighted by Crippen LogP contribution is 2.17. The fourth-order valence-corrected chi connectivity index (χ4v) is 2.70. The molecule has 0 aromatic carbocycles. The molecule has 1 N–H and O–H groups in total. The molecule has 0 amide bonds. The van der Waals surface area contributed by atoms with Crippen LogP contribution in [0.25, 0.3) is 0 Å². The molecule has 0 radical (unpaired) electrons. The van der Waals surface area contributed by atoms with E-state index in [1.54, 1.807) is 0 Å². The molecule has 1 rings (SSSR count). The van der Waals surface area contributed by atoms with Crippen LogP contribution in [0.2, 0.25) is 0 Å². The Morgan fingerprint density at radius 1 is 1.00 bits per heavy atom. The van der Waals surface area contributed by atoms with Crippen molar-refractivity contribution in [2.75, 3.05) is 6.54 Å². The molecule has 2 nitrogen and oxygen atoms in total. The number of halogens is 1. The van der Waals surface area contributed by atoms with E-state index in [4.69, 9.17) is 0 Å². The molecule has 0 aliphatic carbocycles. The lowest BCUT2D eigenvalue weighted by Gasteiger charge is -2.08. The predicted molar refractivity (Wildman–Crippen MR) is 91.0 cm³/mol. The van der Waals surface area contributed by atoms with Gasteiger partial charge in [0.05, 0.1) is 0 Å². The summed E-state index contributed by atoms with van der Waals surface area (Å²) in [5, 5.41) is 3.52. The van der Waals surface area contributed by atoms with Gasteiger partial charge in [-0.05, 0) is 46.9 Å². The largest absolute Gasteiger partial charge is 0.313 e. The smallest absolute Gasteiger partial charge is 0.0413 e. The summed E-state index contributed by atoms with van der Waals surface area (Å²) >= 11 is 3.52. The fraction of sp³-hybridized carbons (Fsp3) is 0.706. The molecule has 0 fully saturated rings. The van der Waals surface area contributed by atoms with Crippen molar-refractivity contribution in [3.05, 3.63) is 28.0 Å². The number of hydrogen-bond donors (Lipinski definition) is 1. The summed E-state index contributed by atoms with van der Waals surface area (Å²) in [6.45, 7) is 6.45. The minimum Gasteiger partial charge on any atom is -0.313 e. The van der Waals surface area contributed by atoms with Crippen molar-refractivity contribution in [1.29, 1.82) is 0 Å². The van der Waals surface area contributed by atoms with E-state index in [-0.39, 0.29) is 0 Å². The minimum absolute atomic E-state index is 0.925. The number of nitrogens with zero attached hydrogens (tertiary/aromatic N) is 1. The number of hydrogen-bond acceptors (Lipinski definition) is 2. The third-order valence-corrected chi connectivity index (χ3v) is 4.58. The first-order valence-electron chi connectivity index (χ1n) is 8.05. The topological polar surface area (TPSA) is 24.9 Å². The quantitative estimate of drug-likeness (QED) is 0.546. The molecule has 114 valence electrons.